The molecule has 0 unspecified atom stereocenters. The van der Waals surface area contributed by atoms with Gasteiger partial charge in [0.25, 0.3) is 11.8 Å². The molecule has 3 aliphatic rings. The number of urea groups is 1. The molecule has 3 aliphatic heterocycles. The number of carbonyl (C=O) groups excluding carboxylic acids is 3. The molecule has 0 radical (unpaired) electrons. The van der Waals surface area contributed by atoms with Crippen LogP contribution in [0.1, 0.15) is 49.4 Å². The third-order valence-corrected chi connectivity index (χ3v) is 6.90. The van der Waals surface area contributed by atoms with Gasteiger partial charge in [-0.05, 0) is 50.8 Å². The fourth-order valence-electron chi connectivity index (χ4n) is 5.11. The minimum Gasteiger partial charge on any atom is -0.496 e. The van der Waals surface area contributed by atoms with E-state index >= 15 is 0 Å². The van der Waals surface area contributed by atoms with Crippen molar-refractivity contribution >= 4 is 17.8 Å². The normalized spacial score (nSPS) is 22.1. The van der Waals surface area contributed by atoms with E-state index in [0.29, 0.717) is 50.1 Å². The second-order valence-electron chi connectivity index (χ2n) is 8.75. The second kappa shape index (κ2) is 8.86. The van der Waals surface area contributed by atoms with Crippen molar-refractivity contribution in [1.82, 2.24) is 20.0 Å². The zero-order chi connectivity index (χ0) is 22.0. The predicted molar refractivity (Wildman–Crippen MR) is 116 cm³/mol. The monoisotopic (exact) mass is 428 g/mol. The highest BCUT2D eigenvalue weighted by Gasteiger charge is 2.54. The summed E-state index contributed by atoms with van der Waals surface area (Å²) in [5.41, 5.74) is -0.206. The zero-order valence-electron chi connectivity index (χ0n) is 18.4. The van der Waals surface area contributed by atoms with Crippen LogP contribution in [0.4, 0.5) is 4.79 Å². The van der Waals surface area contributed by atoms with Crippen LogP contribution in [-0.2, 0) is 4.79 Å². The highest BCUT2D eigenvalue weighted by atomic mass is 16.5. The van der Waals surface area contributed by atoms with E-state index in [9.17, 15) is 14.4 Å². The topological polar surface area (TPSA) is 82.2 Å². The van der Waals surface area contributed by atoms with Crippen LogP contribution >= 0.6 is 0 Å². The number of benzene rings is 1. The summed E-state index contributed by atoms with van der Waals surface area (Å²) in [4.78, 5) is 44.6. The maximum atomic E-state index is 13.3. The number of methoxy groups -OCH3 is 1. The number of amides is 4. The number of nitrogens with one attached hydrogen (secondary N) is 1. The number of imide groups is 1. The third kappa shape index (κ3) is 4.01. The summed E-state index contributed by atoms with van der Waals surface area (Å²) in [7, 11) is 1.55. The van der Waals surface area contributed by atoms with Crippen molar-refractivity contribution in [3.05, 3.63) is 29.8 Å². The van der Waals surface area contributed by atoms with Gasteiger partial charge < -0.3 is 19.9 Å². The molecule has 1 aromatic rings. The minimum absolute atomic E-state index is 0.0760. The lowest BCUT2D eigenvalue weighted by Crippen LogP contribution is -2.55. The van der Waals surface area contributed by atoms with Gasteiger partial charge in [-0.2, -0.15) is 0 Å². The molecule has 0 aromatic heterocycles. The summed E-state index contributed by atoms with van der Waals surface area (Å²) in [6.07, 6.45) is 3.61. The average molecular weight is 429 g/mol. The van der Waals surface area contributed by atoms with Crippen molar-refractivity contribution in [3.63, 3.8) is 0 Å². The number of hydrogen-bond acceptors (Lipinski definition) is 5. The quantitative estimate of drug-likeness (QED) is 0.727. The summed E-state index contributed by atoms with van der Waals surface area (Å²) in [5, 5.41) is 3.02. The highest BCUT2D eigenvalue weighted by molar-refractivity contribution is 6.07. The SMILES string of the molecule is CCCN1CCC2(CC1)NC(=O)N(C1CCN(C(=O)c3ccccc3OC)CC1)C2=O. The van der Waals surface area contributed by atoms with Crippen molar-refractivity contribution in [1.29, 1.82) is 0 Å². The third-order valence-electron chi connectivity index (χ3n) is 6.90. The number of ether oxygens (including phenoxy) is 1. The number of rotatable bonds is 5. The van der Waals surface area contributed by atoms with Crippen LogP contribution in [0.25, 0.3) is 0 Å². The standard InChI is InChI=1S/C23H32N4O4/c1-3-12-25-15-10-23(11-16-25)21(29)27(22(30)24-23)17-8-13-26(14-9-17)20(28)18-6-4-5-7-19(18)31-2/h4-7,17H,3,8-16H2,1-2H3,(H,24,30). The first kappa shape index (κ1) is 21.6. The number of nitrogens with zero attached hydrogens (tertiary/aromatic N) is 3. The van der Waals surface area contributed by atoms with E-state index in [0.717, 1.165) is 26.1 Å². The van der Waals surface area contributed by atoms with Gasteiger partial charge >= 0.3 is 6.03 Å². The van der Waals surface area contributed by atoms with Gasteiger partial charge in [-0.25, -0.2) is 4.79 Å². The van der Waals surface area contributed by atoms with Crippen LogP contribution in [0, 0.1) is 0 Å². The van der Waals surface area contributed by atoms with Crippen molar-refractivity contribution in [2.75, 3.05) is 39.8 Å². The Balaban J connectivity index is 1.38. The van der Waals surface area contributed by atoms with E-state index < -0.39 is 5.54 Å². The second-order valence-corrected chi connectivity index (χ2v) is 8.75. The van der Waals surface area contributed by atoms with Gasteiger partial charge in [0, 0.05) is 32.2 Å². The maximum Gasteiger partial charge on any atom is 0.325 e. The van der Waals surface area contributed by atoms with E-state index in [4.69, 9.17) is 4.74 Å². The van der Waals surface area contributed by atoms with Crippen LogP contribution in [-0.4, -0.2) is 84.0 Å². The summed E-state index contributed by atoms with van der Waals surface area (Å²) >= 11 is 0. The fraction of sp³-hybridized carbons (Fsp3) is 0.609. The molecule has 0 saturated carbocycles. The van der Waals surface area contributed by atoms with Gasteiger partial charge in [0.05, 0.1) is 12.7 Å². The molecule has 4 amide bonds. The van der Waals surface area contributed by atoms with E-state index in [1.165, 1.54) is 4.90 Å². The number of hydrogen-bond donors (Lipinski definition) is 1. The number of piperidine rings is 2. The largest absolute Gasteiger partial charge is 0.496 e. The number of carbonyl (C=O) groups is 3. The Morgan fingerprint density at radius 3 is 2.45 bits per heavy atom. The molecule has 0 bridgehead atoms. The molecular formula is C23H32N4O4. The van der Waals surface area contributed by atoms with Crippen LogP contribution < -0.4 is 10.1 Å². The smallest absolute Gasteiger partial charge is 0.325 e. The summed E-state index contributed by atoms with van der Waals surface area (Å²) in [6, 6.07) is 6.76. The van der Waals surface area contributed by atoms with Crippen molar-refractivity contribution in [2.24, 2.45) is 0 Å². The van der Waals surface area contributed by atoms with Crippen LogP contribution in [0.3, 0.4) is 0 Å². The lowest BCUT2D eigenvalue weighted by molar-refractivity contribution is -0.135. The zero-order valence-corrected chi connectivity index (χ0v) is 18.4. The van der Waals surface area contributed by atoms with Crippen LogP contribution in [0.15, 0.2) is 24.3 Å². The molecule has 8 heteroatoms. The average Bonchev–Trinajstić information content (AvgIpc) is 3.04. The number of likely N-dealkylation sites (tertiary alicyclic amines) is 2. The molecule has 3 heterocycles. The van der Waals surface area contributed by atoms with Crippen molar-refractivity contribution < 1.29 is 19.1 Å². The van der Waals surface area contributed by atoms with Crippen LogP contribution in [0.5, 0.6) is 5.75 Å². The lowest BCUT2D eigenvalue weighted by Gasteiger charge is -2.38. The van der Waals surface area contributed by atoms with Crippen molar-refractivity contribution in [2.45, 2.75) is 50.6 Å². The van der Waals surface area contributed by atoms with Gasteiger partial charge in [-0.3, -0.25) is 14.5 Å². The Morgan fingerprint density at radius 2 is 1.81 bits per heavy atom. The first-order valence-corrected chi connectivity index (χ1v) is 11.3. The highest BCUT2D eigenvalue weighted by Crippen LogP contribution is 2.33. The van der Waals surface area contributed by atoms with Gasteiger partial charge in [0.2, 0.25) is 0 Å². The molecule has 0 atom stereocenters. The first-order valence-electron chi connectivity index (χ1n) is 11.3. The molecule has 1 spiro atoms. The number of para-hydroxylation sites is 1. The molecule has 8 nitrogen and oxygen atoms in total. The lowest BCUT2D eigenvalue weighted by atomic mass is 9.87. The summed E-state index contributed by atoms with van der Waals surface area (Å²) < 4.78 is 5.32. The van der Waals surface area contributed by atoms with Gasteiger partial charge in [0.1, 0.15) is 11.3 Å². The van der Waals surface area contributed by atoms with Crippen LogP contribution in [0.2, 0.25) is 0 Å². The van der Waals surface area contributed by atoms with E-state index in [1.807, 2.05) is 12.1 Å². The molecule has 3 fully saturated rings. The first-order chi connectivity index (χ1) is 15.0. The molecule has 4 rings (SSSR count). The molecule has 1 aromatic carbocycles. The van der Waals surface area contributed by atoms with E-state index in [-0.39, 0.29) is 23.9 Å². The van der Waals surface area contributed by atoms with Gasteiger partial charge in [-0.15, -0.1) is 0 Å². The summed E-state index contributed by atoms with van der Waals surface area (Å²) in [5.74, 6) is 0.399. The summed E-state index contributed by atoms with van der Waals surface area (Å²) in [6.45, 7) is 5.87. The Hall–Kier alpha value is -2.61. The van der Waals surface area contributed by atoms with Gasteiger partial charge in [-0.1, -0.05) is 19.1 Å². The molecule has 168 valence electrons. The maximum absolute atomic E-state index is 13.3. The Morgan fingerprint density at radius 1 is 1.13 bits per heavy atom. The van der Waals surface area contributed by atoms with E-state index in [2.05, 4.69) is 17.1 Å². The van der Waals surface area contributed by atoms with Gasteiger partial charge in [0.15, 0.2) is 0 Å². The molecule has 1 N–H and O–H groups in total. The Kier molecular flexibility index (Phi) is 6.18. The molecule has 31 heavy (non-hydrogen) atoms. The fourth-order valence-corrected chi connectivity index (χ4v) is 5.11. The van der Waals surface area contributed by atoms with Crippen molar-refractivity contribution in [3.8, 4) is 5.75 Å². The Bertz CT molecular complexity index is 842. The molecule has 3 saturated heterocycles. The predicted octanol–water partition coefficient (Wildman–Crippen LogP) is 2.10. The Labute approximate surface area is 183 Å². The minimum atomic E-state index is -0.744. The molecule has 0 aliphatic carbocycles. The van der Waals surface area contributed by atoms with E-state index in [1.54, 1.807) is 24.1 Å². The molecular weight excluding hydrogens is 396 g/mol.